The van der Waals surface area contributed by atoms with E-state index in [9.17, 15) is 4.79 Å². The smallest absolute Gasteiger partial charge is 0.233 e. The fourth-order valence-corrected chi connectivity index (χ4v) is 2.32. The number of thioether (sulfide) groups is 1. The van der Waals surface area contributed by atoms with Crippen molar-refractivity contribution < 1.29 is 4.79 Å². The van der Waals surface area contributed by atoms with E-state index in [0.717, 1.165) is 22.8 Å². The van der Waals surface area contributed by atoms with Crippen LogP contribution in [0.15, 0.2) is 29.2 Å². The lowest BCUT2D eigenvalue weighted by molar-refractivity contribution is -0.120. The largest absolute Gasteiger partial charge is 0.352 e. The van der Waals surface area contributed by atoms with Gasteiger partial charge in [-0.1, -0.05) is 11.6 Å². The number of nitrogens with one attached hydrogen (secondary N) is 1. The van der Waals surface area contributed by atoms with Gasteiger partial charge in [-0.05, 0) is 44.0 Å². The molecule has 0 saturated heterocycles. The number of halogens is 1. The highest BCUT2D eigenvalue weighted by atomic mass is 35.5. The van der Waals surface area contributed by atoms with Crippen molar-refractivity contribution >= 4 is 29.3 Å². The first-order valence-corrected chi connectivity index (χ1v) is 6.63. The van der Waals surface area contributed by atoms with Crippen molar-refractivity contribution in [3.63, 3.8) is 0 Å². The fraction of sp³-hybridized carbons (Fsp3) is 0.417. The molecule has 0 bridgehead atoms. The number of hydrogen-bond donors (Lipinski definition) is 1. The molecule has 0 radical (unpaired) electrons. The monoisotopic (exact) mass is 255 g/mol. The highest BCUT2D eigenvalue weighted by Crippen LogP contribution is 2.26. The quantitative estimate of drug-likeness (QED) is 0.838. The number of rotatable bonds is 4. The van der Waals surface area contributed by atoms with Crippen LogP contribution in [0.4, 0.5) is 0 Å². The molecule has 1 aliphatic carbocycles. The summed E-state index contributed by atoms with van der Waals surface area (Å²) in [5.41, 5.74) is 0. The van der Waals surface area contributed by atoms with Crippen LogP contribution in [0, 0.1) is 0 Å². The predicted molar refractivity (Wildman–Crippen MR) is 67.9 cm³/mol. The van der Waals surface area contributed by atoms with Crippen LogP contribution in [0.2, 0.25) is 5.02 Å². The number of carbonyl (C=O) groups excluding carboxylic acids is 1. The average molecular weight is 256 g/mol. The first kappa shape index (κ1) is 11.8. The molecule has 2 rings (SSSR count). The van der Waals surface area contributed by atoms with Gasteiger partial charge in [0.05, 0.1) is 5.25 Å². The Morgan fingerprint density at radius 3 is 2.62 bits per heavy atom. The molecule has 0 aromatic heterocycles. The summed E-state index contributed by atoms with van der Waals surface area (Å²) in [7, 11) is 0. The molecule has 0 heterocycles. The summed E-state index contributed by atoms with van der Waals surface area (Å²) in [5.74, 6) is 0.127. The van der Waals surface area contributed by atoms with Crippen LogP contribution < -0.4 is 5.32 Å². The van der Waals surface area contributed by atoms with Gasteiger partial charge >= 0.3 is 0 Å². The van der Waals surface area contributed by atoms with Crippen molar-refractivity contribution in [3.8, 4) is 0 Å². The molecule has 4 heteroatoms. The van der Waals surface area contributed by atoms with Gasteiger partial charge in [-0.15, -0.1) is 11.8 Å². The summed E-state index contributed by atoms with van der Waals surface area (Å²) in [6.07, 6.45) is 2.26. The standard InChI is InChI=1S/C12H14ClNOS/c1-8(12(15)14-10-4-5-10)16-11-6-2-9(13)3-7-11/h2-3,6-8,10H,4-5H2,1H3,(H,14,15)/t8-/m0/s1. The van der Waals surface area contributed by atoms with Crippen molar-refractivity contribution in [2.75, 3.05) is 0 Å². The van der Waals surface area contributed by atoms with Crippen LogP contribution in [0.25, 0.3) is 0 Å². The summed E-state index contributed by atoms with van der Waals surface area (Å²) in [6.45, 7) is 1.93. The number of carbonyl (C=O) groups is 1. The van der Waals surface area contributed by atoms with E-state index < -0.39 is 0 Å². The molecular formula is C12H14ClNOS. The summed E-state index contributed by atoms with van der Waals surface area (Å²) in [6, 6.07) is 7.99. The number of amides is 1. The lowest BCUT2D eigenvalue weighted by atomic mass is 10.4. The van der Waals surface area contributed by atoms with E-state index in [4.69, 9.17) is 11.6 Å². The Balaban J connectivity index is 1.87. The van der Waals surface area contributed by atoms with Gasteiger partial charge in [-0.2, -0.15) is 0 Å². The van der Waals surface area contributed by atoms with Crippen LogP contribution in [-0.2, 0) is 4.79 Å². The van der Waals surface area contributed by atoms with Crippen LogP contribution in [0.1, 0.15) is 19.8 Å². The minimum absolute atomic E-state index is 0.0539. The second-order valence-electron chi connectivity index (χ2n) is 4.00. The second-order valence-corrected chi connectivity index (χ2v) is 5.85. The highest BCUT2D eigenvalue weighted by molar-refractivity contribution is 8.00. The van der Waals surface area contributed by atoms with Gasteiger partial charge < -0.3 is 5.32 Å². The molecule has 1 fully saturated rings. The van der Waals surface area contributed by atoms with Crippen LogP contribution >= 0.6 is 23.4 Å². The van der Waals surface area contributed by atoms with Crippen LogP contribution in [-0.4, -0.2) is 17.2 Å². The summed E-state index contributed by atoms with van der Waals surface area (Å²) >= 11 is 7.36. The zero-order valence-corrected chi connectivity index (χ0v) is 10.6. The molecule has 1 aliphatic rings. The lowest BCUT2D eigenvalue weighted by Gasteiger charge is -2.11. The highest BCUT2D eigenvalue weighted by Gasteiger charge is 2.25. The van der Waals surface area contributed by atoms with E-state index in [1.807, 2.05) is 31.2 Å². The summed E-state index contributed by atoms with van der Waals surface area (Å²) < 4.78 is 0. The van der Waals surface area contributed by atoms with Gasteiger partial charge in [0.15, 0.2) is 0 Å². The fourth-order valence-electron chi connectivity index (χ4n) is 1.32. The van der Waals surface area contributed by atoms with E-state index in [-0.39, 0.29) is 11.2 Å². The molecule has 1 aromatic rings. The van der Waals surface area contributed by atoms with E-state index in [1.165, 1.54) is 0 Å². The molecule has 0 unspecified atom stereocenters. The lowest BCUT2D eigenvalue weighted by Crippen LogP contribution is -2.32. The Labute approximate surface area is 105 Å². The normalized spacial score (nSPS) is 16.9. The minimum Gasteiger partial charge on any atom is -0.352 e. The van der Waals surface area contributed by atoms with E-state index in [0.29, 0.717) is 6.04 Å². The van der Waals surface area contributed by atoms with Crippen molar-refractivity contribution in [3.05, 3.63) is 29.3 Å². The molecule has 1 N–H and O–H groups in total. The zero-order chi connectivity index (χ0) is 11.5. The number of benzene rings is 1. The Hall–Kier alpha value is -0.670. The molecule has 16 heavy (non-hydrogen) atoms. The summed E-state index contributed by atoms with van der Waals surface area (Å²) in [5, 5.41) is 3.67. The molecule has 0 spiro atoms. The average Bonchev–Trinajstić information content (AvgIpc) is 3.05. The van der Waals surface area contributed by atoms with E-state index in [2.05, 4.69) is 5.32 Å². The van der Waals surface area contributed by atoms with Crippen LogP contribution in [0.5, 0.6) is 0 Å². The van der Waals surface area contributed by atoms with Crippen molar-refractivity contribution in [2.45, 2.75) is 36.0 Å². The van der Waals surface area contributed by atoms with Crippen molar-refractivity contribution in [1.82, 2.24) is 5.32 Å². The Morgan fingerprint density at radius 2 is 2.06 bits per heavy atom. The maximum atomic E-state index is 11.7. The predicted octanol–water partition coefficient (Wildman–Crippen LogP) is 3.10. The van der Waals surface area contributed by atoms with E-state index >= 15 is 0 Å². The van der Waals surface area contributed by atoms with Crippen LogP contribution in [0.3, 0.4) is 0 Å². The maximum absolute atomic E-state index is 11.7. The first-order chi connectivity index (χ1) is 7.65. The van der Waals surface area contributed by atoms with Gasteiger partial charge in [0.25, 0.3) is 0 Å². The SMILES string of the molecule is C[C@H](Sc1ccc(Cl)cc1)C(=O)NC1CC1. The van der Waals surface area contributed by atoms with Gasteiger partial charge in [-0.25, -0.2) is 0 Å². The van der Waals surface area contributed by atoms with Gasteiger partial charge in [-0.3, -0.25) is 4.79 Å². The second kappa shape index (κ2) is 5.11. The molecule has 0 aliphatic heterocycles. The summed E-state index contributed by atoms with van der Waals surface area (Å²) in [4.78, 5) is 12.8. The Bertz CT molecular complexity index is 375. The van der Waals surface area contributed by atoms with Gasteiger partial charge in [0.1, 0.15) is 0 Å². The third-order valence-electron chi connectivity index (χ3n) is 2.42. The van der Waals surface area contributed by atoms with Gasteiger partial charge in [0.2, 0.25) is 5.91 Å². The molecule has 2 nitrogen and oxygen atoms in total. The molecular weight excluding hydrogens is 242 g/mol. The van der Waals surface area contributed by atoms with Crippen molar-refractivity contribution in [1.29, 1.82) is 0 Å². The van der Waals surface area contributed by atoms with Crippen molar-refractivity contribution in [2.24, 2.45) is 0 Å². The van der Waals surface area contributed by atoms with E-state index in [1.54, 1.807) is 11.8 Å². The molecule has 1 saturated carbocycles. The maximum Gasteiger partial charge on any atom is 0.233 e. The molecule has 86 valence electrons. The molecule has 1 atom stereocenters. The third kappa shape index (κ3) is 3.42. The van der Waals surface area contributed by atoms with Gasteiger partial charge in [0, 0.05) is 16.0 Å². The number of hydrogen-bond acceptors (Lipinski definition) is 2. The zero-order valence-electron chi connectivity index (χ0n) is 9.07. The molecule has 1 aromatic carbocycles. The first-order valence-electron chi connectivity index (χ1n) is 5.38. The Morgan fingerprint density at radius 1 is 1.44 bits per heavy atom. The minimum atomic E-state index is -0.0539. The third-order valence-corrected chi connectivity index (χ3v) is 3.78. The molecule has 1 amide bonds. The Kier molecular flexibility index (Phi) is 3.77. The topological polar surface area (TPSA) is 29.1 Å².